The number of carbonyl (C=O) groups excluding carboxylic acids is 1. The van der Waals surface area contributed by atoms with E-state index in [-0.39, 0.29) is 11.5 Å². The summed E-state index contributed by atoms with van der Waals surface area (Å²) in [6.07, 6.45) is 4.30. The molecule has 2 aromatic heterocycles. The Morgan fingerprint density at radius 3 is 2.79 bits per heavy atom. The number of carbonyl (C=O) groups is 1. The first kappa shape index (κ1) is 20.5. The van der Waals surface area contributed by atoms with Crippen molar-refractivity contribution in [3.63, 3.8) is 0 Å². The molecule has 7 nitrogen and oxygen atoms in total. The number of fused-ring (bicyclic) bond motifs is 2. The molecule has 1 aromatic carbocycles. The number of aryl methyl sites for hydroxylation is 1. The van der Waals surface area contributed by atoms with E-state index in [1.807, 2.05) is 0 Å². The molecule has 0 spiro atoms. The van der Waals surface area contributed by atoms with Gasteiger partial charge in [-0.05, 0) is 42.7 Å². The Kier molecular flexibility index (Phi) is 5.50. The van der Waals surface area contributed by atoms with E-state index in [0.29, 0.717) is 38.6 Å². The Hall–Kier alpha value is -1.81. The number of aromatic nitrogens is 3. The number of nitrogens with zero attached hydrogens (tertiary/aromatic N) is 4. The number of ketones is 1. The third-order valence-corrected chi connectivity index (χ3v) is 7.21. The molecule has 3 heterocycles. The van der Waals surface area contributed by atoms with Gasteiger partial charge < -0.3 is 0 Å². The highest BCUT2D eigenvalue weighted by Gasteiger charge is 2.24. The number of hydrogen-bond donors (Lipinski definition) is 0. The highest BCUT2D eigenvalue weighted by atomic mass is 35.5. The number of Topliss-reactive ketones (excluding diaryl/α,β-unsaturated/α-hetero) is 1. The van der Waals surface area contributed by atoms with Crippen LogP contribution in [0.3, 0.4) is 0 Å². The van der Waals surface area contributed by atoms with Gasteiger partial charge in [-0.25, -0.2) is 8.42 Å². The number of rotatable bonds is 5. The molecule has 0 unspecified atom stereocenters. The molecular formula is C18H16Cl2N4O3S2. The molecule has 0 atom stereocenters. The molecule has 0 aliphatic carbocycles. The van der Waals surface area contributed by atoms with Crippen molar-refractivity contribution < 1.29 is 13.2 Å². The first-order chi connectivity index (χ1) is 13.7. The predicted octanol–water partition coefficient (Wildman–Crippen LogP) is 3.72. The van der Waals surface area contributed by atoms with Gasteiger partial charge in [-0.3, -0.25) is 13.5 Å². The number of benzene rings is 1. The van der Waals surface area contributed by atoms with Crippen molar-refractivity contribution in [2.45, 2.75) is 18.0 Å². The van der Waals surface area contributed by atoms with Gasteiger partial charge in [0, 0.05) is 18.3 Å². The SMILES string of the molecule is CS(=O)(=O)N1CCCc2cc(C(=O)CSc3nnc4c(Cl)cc(Cl)cn34)ccc21. The van der Waals surface area contributed by atoms with Gasteiger partial charge in [-0.2, -0.15) is 0 Å². The Balaban J connectivity index is 1.54. The number of pyridine rings is 1. The van der Waals surface area contributed by atoms with E-state index in [1.165, 1.54) is 22.3 Å². The monoisotopic (exact) mass is 470 g/mol. The summed E-state index contributed by atoms with van der Waals surface area (Å²) in [5.41, 5.74) is 2.52. The fraction of sp³-hybridized carbons (Fsp3) is 0.278. The van der Waals surface area contributed by atoms with Crippen molar-refractivity contribution in [1.29, 1.82) is 0 Å². The Bertz CT molecular complexity index is 1230. The summed E-state index contributed by atoms with van der Waals surface area (Å²) >= 11 is 13.4. The van der Waals surface area contributed by atoms with Crippen LogP contribution in [0.5, 0.6) is 0 Å². The average Bonchev–Trinajstić information content (AvgIpc) is 3.07. The zero-order valence-electron chi connectivity index (χ0n) is 15.3. The number of sulfonamides is 1. The number of thioether (sulfide) groups is 1. The summed E-state index contributed by atoms with van der Waals surface area (Å²) in [6, 6.07) is 6.74. The van der Waals surface area contributed by atoms with Crippen molar-refractivity contribution in [2.24, 2.45) is 0 Å². The lowest BCUT2D eigenvalue weighted by atomic mass is 9.99. The van der Waals surface area contributed by atoms with Crippen LogP contribution in [0.4, 0.5) is 5.69 Å². The zero-order chi connectivity index (χ0) is 20.8. The van der Waals surface area contributed by atoms with Gasteiger partial charge in [0.05, 0.1) is 27.7 Å². The molecule has 0 fully saturated rings. The molecule has 152 valence electrons. The molecule has 1 aliphatic heterocycles. The average molecular weight is 471 g/mol. The molecule has 0 bridgehead atoms. The van der Waals surface area contributed by atoms with Gasteiger partial charge in [0.1, 0.15) is 0 Å². The van der Waals surface area contributed by atoms with Gasteiger partial charge in [0.2, 0.25) is 10.0 Å². The van der Waals surface area contributed by atoms with Gasteiger partial charge in [0.15, 0.2) is 16.6 Å². The van der Waals surface area contributed by atoms with Gasteiger partial charge in [0.25, 0.3) is 0 Å². The minimum Gasteiger partial charge on any atom is -0.293 e. The smallest absolute Gasteiger partial charge is 0.232 e. The molecule has 29 heavy (non-hydrogen) atoms. The summed E-state index contributed by atoms with van der Waals surface area (Å²) in [4.78, 5) is 12.7. The van der Waals surface area contributed by atoms with E-state index in [9.17, 15) is 13.2 Å². The lowest BCUT2D eigenvalue weighted by molar-refractivity contribution is 0.102. The second kappa shape index (κ2) is 7.79. The van der Waals surface area contributed by atoms with Crippen LogP contribution < -0.4 is 4.31 Å². The normalized spacial score (nSPS) is 14.2. The number of hydrogen-bond acceptors (Lipinski definition) is 6. The zero-order valence-corrected chi connectivity index (χ0v) is 18.4. The summed E-state index contributed by atoms with van der Waals surface area (Å²) in [5.74, 6) is 0.0682. The van der Waals surface area contributed by atoms with Crippen molar-refractivity contribution in [3.8, 4) is 0 Å². The minimum absolute atomic E-state index is 0.0841. The summed E-state index contributed by atoms with van der Waals surface area (Å²) in [7, 11) is -3.34. The lowest BCUT2D eigenvalue weighted by Gasteiger charge is -2.29. The molecule has 0 saturated carbocycles. The first-order valence-electron chi connectivity index (χ1n) is 8.70. The van der Waals surface area contributed by atoms with E-state index in [4.69, 9.17) is 23.2 Å². The topological polar surface area (TPSA) is 84.6 Å². The second-order valence-corrected chi connectivity index (χ2v) is 10.4. The van der Waals surface area contributed by atoms with E-state index < -0.39 is 10.0 Å². The molecule has 11 heteroatoms. The quantitative estimate of drug-likeness (QED) is 0.417. The molecule has 0 amide bonds. The van der Waals surface area contributed by atoms with Crippen LogP contribution in [-0.2, 0) is 16.4 Å². The van der Waals surface area contributed by atoms with Crippen LogP contribution in [0, 0.1) is 0 Å². The van der Waals surface area contributed by atoms with Crippen molar-refractivity contribution in [3.05, 3.63) is 51.6 Å². The van der Waals surface area contributed by atoms with Gasteiger partial charge >= 0.3 is 0 Å². The maximum atomic E-state index is 12.7. The molecule has 0 saturated heterocycles. The Morgan fingerprint density at radius 1 is 1.24 bits per heavy atom. The van der Waals surface area contributed by atoms with E-state index in [1.54, 1.807) is 34.9 Å². The fourth-order valence-electron chi connectivity index (χ4n) is 3.29. The van der Waals surface area contributed by atoms with E-state index in [2.05, 4.69) is 10.2 Å². The molecular weight excluding hydrogens is 455 g/mol. The molecule has 4 rings (SSSR count). The minimum atomic E-state index is -3.34. The maximum Gasteiger partial charge on any atom is 0.232 e. The van der Waals surface area contributed by atoms with Crippen LogP contribution in [0.1, 0.15) is 22.3 Å². The molecule has 3 aromatic rings. The summed E-state index contributed by atoms with van der Waals surface area (Å²) < 4.78 is 27.0. The van der Waals surface area contributed by atoms with Crippen LogP contribution >= 0.6 is 35.0 Å². The van der Waals surface area contributed by atoms with E-state index >= 15 is 0 Å². The van der Waals surface area contributed by atoms with Gasteiger partial charge in [-0.1, -0.05) is 35.0 Å². The van der Waals surface area contributed by atoms with Crippen LogP contribution in [0.25, 0.3) is 5.65 Å². The van der Waals surface area contributed by atoms with Crippen LogP contribution in [0.2, 0.25) is 10.0 Å². The molecule has 1 aliphatic rings. The predicted molar refractivity (Wildman–Crippen MR) is 115 cm³/mol. The lowest BCUT2D eigenvalue weighted by Crippen LogP contribution is -2.34. The largest absolute Gasteiger partial charge is 0.293 e. The third kappa shape index (κ3) is 4.09. The van der Waals surface area contributed by atoms with Crippen LogP contribution in [-0.4, -0.2) is 47.4 Å². The highest BCUT2D eigenvalue weighted by molar-refractivity contribution is 7.99. The summed E-state index contributed by atoms with van der Waals surface area (Å²) in [6.45, 7) is 0.458. The number of halogens is 2. The fourth-order valence-corrected chi connectivity index (χ4v) is 5.60. The number of anilines is 1. The second-order valence-electron chi connectivity index (χ2n) is 6.68. The molecule has 0 N–H and O–H groups in total. The Morgan fingerprint density at radius 2 is 2.03 bits per heavy atom. The Labute approximate surface area is 182 Å². The third-order valence-electron chi connectivity index (χ3n) is 4.61. The van der Waals surface area contributed by atoms with Crippen LogP contribution in [0.15, 0.2) is 35.6 Å². The van der Waals surface area contributed by atoms with Gasteiger partial charge in [-0.15, -0.1) is 10.2 Å². The van der Waals surface area contributed by atoms with Crippen molar-refractivity contribution >= 4 is 62.1 Å². The molecule has 0 radical (unpaired) electrons. The van der Waals surface area contributed by atoms with E-state index in [0.717, 1.165) is 18.4 Å². The standard InChI is InChI=1S/C18H16Cl2N4O3S2/c1-29(26,27)24-6-2-3-11-7-12(4-5-15(11)24)16(25)10-28-18-22-21-17-14(20)8-13(19)9-23(17)18/h4-5,7-9H,2-3,6,10H2,1H3. The maximum absolute atomic E-state index is 12.7. The van der Waals surface area contributed by atoms with Crippen molar-refractivity contribution in [2.75, 3.05) is 22.9 Å². The summed E-state index contributed by atoms with van der Waals surface area (Å²) in [5, 5.41) is 9.44. The van der Waals surface area contributed by atoms with Crippen molar-refractivity contribution in [1.82, 2.24) is 14.6 Å². The first-order valence-corrected chi connectivity index (χ1v) is 12.3. The highest BCUT2D eigenvalue weighted by Crippen LogP contribution is 2.31.